The van der Waals surface area contributed by atoms with Crippen LogP contribution < -0.4 is 14.2 Å². The van der Waals surface area contributed by atoms with Crippen molar-refractivity contribution in [3.8, 4) is 17.2 Å². The second kappa shape index (κ2) is 14.1. The van der Waals surface area contributed by atoms with Gasteiger partial charge in [-0.15, -0.1) is 0 Å². The van der Waals surface area contributed by atoms with Crippen LogP contribution in [-0.2, 0) is 4.43 Å². The molecular formula is C27H39Cl2NO5Si. The van der Waals surface area contributed by atoms with Crippen LogP contribution >= 0.6 is 23.2 Å². The van der Waals surface area contributed by atoms with Crippen molar-refractivity contribution in [1.29, 1.82) is 0 Å². The molecule has 0 aliphatic carbocycles. The molecule has 0 N–H and O–H groups in total. The molecule has 0 bridgehead atoms. The Labute approximate surface area is 226 Å². The van der Waals surface area contributed by atoms with Gasteiger partial charge in [0, 0.05) is 31.7 Å². The van der Waals surface area contributed by atoms with Gasteiger partial charge in [0.25, 0.3) is 5.91 Å². The molecule has 1 atom stereocenters. The van der Waals surface area contributed by atoms with Crippen LogP contribution in [0.25, 0.3) is 0 Å². The van der Waals surface area contributed by atoms with E-state index in [1.165, 1.54) is 34.2 Å². The second-order valence-electron chi connectivity index (χ2n) is 9.47. The Morgan fingerprint density at radius 1 is 1.00 bits per heavy atom. The number of unbranched alkanes of at least 4 members (excludes halogenated alkanes) is 1. The highest BCUT2D eigenvalue weighted by Crippen LogP contribution is 2.38. The van der Waals surface area contributed by atoms with E-state index in [0.717, 1.165) is 18.0 Å². The summed E-state index contributed by atoms with van der Waals surface area (Å²) in [6.45, 7) is 7.83. The van der Waals surface area contributed by atoms with Crippen molar-refractivity contribution in [3.05, 3.63) is 51.5 Å². The van der Waals surface area contributed by atoms with Crippen molar-refractivity contribution in [2.75, 3.05) is 41.5 Å². The number of amides is 1. The monoisotopic (exact) mass is 555 g/mol. The molecule has 2 aromatic rings. The van der Waals surface area contributed by atoms with Crippen LogP contribution in [0, 0.1) is 0 Å². The standard InChI is InChI=1S/C27H39Cl2NO5Si/c1-8-9-14-36(6,7)35-13-12-20(19-10-11-22(28)23(29)15-19)18-30(2)27(31)21-16-24(32-3)26(34-5)25(17-21)33-4/h10-11,15-17,20H,8-9,12-14,18H2,1-7H3. The number of halogens is 2. The molecule has 0 aliphatic heterocycles. The topological polar surface area (TPSA) is 57.2 Å². The molecule has 0 aliphatic rings. The SMILES string of the molecule is CCCC[Si](C)(C)OCCC(CN(C)C(=O)c1cc(OC)c(OC)c(OC)c1)c1ccc(Cl)c(Cl)c1. The molecule has 1 amide bonds. The Balaban J connectivity index is 2.25. The Kier molecular flexibility index (Phi) is 11.9. The zero-order valence-electron chi connectivity index (χ0n) is 22.5. The summed E-state index contributed by atoms with van der Waals surface area (Å²) in [5.74, 6) is 1.18. The maximum absolute atomic E-state index is 13.4. The van der Waals surface area contributed by atoms with Gasteiger partial charge in [-0.3, -0.25) is 4.79 Å². The van der Waals surface area contributed by atoms with Gasteiger partial charge in [-0.1, -0.05) is 49.0 Å². The lowest BCUT2D eigenvalue weighted by Crippen LogP contribution is -2.33. The number of likely N-dealkylation sites (N-methyl/N-ethyl adjacent to an activating group) is 1. The molecule has 0 saturated carbocycles. The predicted octanol–water partition coefficient (Wildman–Crippen LogP) is 7.29. The summed E-state index contributed by atoms with van der Waals surface area (Å²) in [5, 5.41) is 1.00. The average molecular weight is 557 g/mol. The molecular weight excluding hydrogens is 517 g/mol. The molecule has 0 fully saturated rings. The van der Waals surface area contributed by atoms with E-state index in [9.17, 15) is 4.79 Å². The van der Waals surface area contributed by atoms with Crippen LogP contribution in [-0.4, -0.2) is 60.7 Å². The fourth-order valence-corrected chi connectivity index (χ4v) is 6.45. The highest BCUT2D eigenvalue weighted by atomic mass is 35.5. The Hall–Kier alpha value is -1.93. The van der Waals surface area contributed by atoms with Gasteiger partial charge < -0.3 is 23.5 Å². The van der Waals surface area contributed by atoms with Crippen LogP contribution in [0.1, 0.15) is 48.0 Å². The second-order valence-corrected chi connectivity index (χ2v) is 14.6. The van der Waals surface area contributed by atoms with Gasteiger partial charge in [0.1, 0.15) is 0 Å². The largest absolute Gasteiger partial charge is 0.493 e. The summed E-state index contributed by atoms with van der Waals surface area (Å²) in [6, 6.07) is 10.1. The third kappa shape index (κ3) is 8.30. The van der Waals surface area contributed by atoms with Gasteiger partial charge in [-0.05, 0) is 55.4 Å². The smallest absolute Gasteiger partial charge is 0.253 e. The number of carbonyl (C=O) groups excluding carboxylic acids is 1. The lowest BCUT2D eigenvalue weighted by Gasteiger charge is -2.28. The van der Waals surface area contributed by atoms with Gasteiger partial charge in [-0.25, -0.2) is 0 Å². The van der Waals surface area contributed by atoms with Crippen LogP contribution in [0.4, 0.5) is 0 Å². The van der Waals surface area contributed by atoms with Crippen LogP contribution in [0.5, 0.6) is 17.2 Å². The predicted molar refractivity (Wildman–Crippen MR) is 150 cm³/mol. The highest BCUT2D eigenvalue weighted by Gasteiger charge is 2.25. The first-order chi connectivity index (χ1) is 17.1. The quantitative estimate of drug-likeness (QED) is 0.229. The van der Waals surface area contributed by atoms with E-state index in [-0.39, 0.29) is 11.8 Å². The Bertz CT molecular complexity index is 993. The van der Waals surface area contributed by atoms with Crippen LogP contribution in [0.15, 0.2) is 30.3 Å². The zero-order valence-corrected chi connectivity index (χ0v) is 25.0. The first kappa shape index (κ1) is 30.3. The number of carbonyl (C=O) groups is 1. The zero-order chi connectivity index (χ0) is 26.9. The summed E-state index contributed by atoms with van der Waals surface area (Å²) < 4.78 is 22.6. The van der Waals surface area contributed by atoms with Gasteiger partial charge >= 0.3 is 0 Å². The van der Waals surface area contributed by atoms with Gasteiger partial charge in [0.15, 0.2) is 19.8 Å². The number of methoxy groups -OCH3 is 3. The summed E-state index contributed by atoms with van der Waals surface area (Å²) in [5.41, 5.74) is 1.47. The van der Waals surface area contributed by atoms with E-state index in [0.29, 0.717) is 46.0 Å². The van der Waals surface area contributed by atoms with Gasteiger partial charge in [-0.2, -0.15) is 0 Å². The molecule has 36 heavy (non-hydrogen) atoms. The molecule has 1 unspecified atom stereocenters. The van der Waals surface area contributed by atoms with Crippen molar-refractivity contribution in [3.63, 3.8) is 0 Å². The van der Waals surface area contributed by atoms with Crippen molar-refractivity contribution < 1.29 is 23.4 Å². The third-order valence-corrected chi connectivity index (χ3v) is 9.54. The molecule has 2 aromatic carbocycles. The van der Waals surface area contributed by atoms with Gasteiger partial charge in [0.05, 0.1) is 31.4 Å². The Morgan fingerprint density at radius 2 is 1.64 bits per heavy atom. The number of hydrogen-bond acceptors (Lipinski definition) is 5. The number of nitrogens with zero attached hydrogens (tertiary/aromatic N) is 1. The number of rotatable bonds is 14. The summed E-state index contributed by atoms with van der Waals surface area (Å²) in [6.07, 6.45) is 3.11. The van der Waals surface area contributed by atoms with E-state index in [1.54, 1.807) is 30.1 Å². The van der Waals surface area contributed by atoms with E-state index in [2.05, 4.69) is 20.0 Å². The minimum Gasteiger partial charge on any atom is -0.493 e. The summed E-state index contributed by atoms with van der Waals surface area (Å²) in [4.78, 5) is 15.1. The fraction of sp³-hybridized carbons (Fsp3) is 0.519. The molecule has 0 radical (unpaired) electrons. The average Bonchev–Trinajstić information content (AvgIpc) is 2.86. The van der Waals surface area contributed by atoms with E-state index in [4.69, 9.17) is 41.8 Å². The normalized spacial score (nSPS) is 12.2. The molecule has 0 aromatic heterocycles. The molecule has 2 rings (SSSR count). The van der Waals surface area contributed by atoms with E-state index in [1.807, 2.05) is 12.1 Å². The van der Waals surface area contributed by atoms with E-state index < -0.39 is 8.32 Å². The van der Waals surface area contributed by atoms with E-state index >= 15 is 0 Å². The maximum atomic E-state index is 13.4. The number of benzene rings is 2. The van der Waals surface area contributed by atoms with Gasteiger partial charge in [0.2, 0.25) is 5.75 Å². The molecule has 0 spiro atoms. The minimum atomic E-state index is -1.72. The van der Waals surface area contributed by atoms with Crippen molar-refractivity contribution in [1.82, 2.24) is 4.90 Å². The maximum Gasteiger partial charge on any atom is 0.253 e. The minimum absolute atomic E-state index is 0.0201. The molecule has 6 nitrogen and oxygen atoms in total. The molecule has 0 heterocycles. The first-order valence-corrected chi connectivity index (χ1v) is 16.1. The van der Waals surface area contributed by atoms with Crippen molar-refractivity contribution >= 4 is 37.4 Å². The molecule has 0 saturated heterocycles. The lowest BCUT2D eigenvalue weighted by molar-refractivity contribution is 0.0780. The summed E-state index contributed by atoms with van der Waals surface area (Å²) >= 11 is 12.5. The highest BCUT2D eigenvalue weighted by molar-refractivity contribution is 6.71. The Morgan fingerprint density at radius 3 is 2.17 bits per heavy atom. The summed E-state index contributed by atoms with van der Waals surface area (Å²) in [7, 11) is 4.65. The van der Waals surface area contributed by atoms with Crippen LogP contribution in [0.3, 0.4) is 0 Å². The lowest BCUT2D eigenvalue weighted by atomic mass is 9.95. The number of ether oxygens (including phenoxy) is 3. The molecule has 200 valence electrons. The van der Waals surface area contributed by atoms with Crippen LogP contribution in [0.2, 0.25) is 29.2 Å². The third-order valence-electron chi connectivity index (χ3n) is 6.26. The van der Waals surface area contributed by atoms with Crippen molar-refractivity contribution in [2.45, 2.75) is 51.2 Å². The molecule has 9 heteroatoms. The number of hydrogen-bond donors (Lipinski definition) is 0. The fourth-order valence-electron chi connectivity index (χ4n) is 4.12. The van der Waals surface area contributed by atoms with Crippen molar-refractivity contribution in [2.24, 2.45) is 0 Å². The first-order valence-electron chi connectivity index (χ1n) is 12.2.